The number of carbonyl (C=O) groups excluding carboxylic acids is 2. The Labute approximate surface area is 112 Å². The maximum atomic E-state index is 11.9. The molecule has 0 radical (unpaired) electrons. The lowest BCUT2D eigenvalue weighted by Gasteiger charge is -2.23. The predicted octanol–water partition coefficient (Wildman–Crippen LogP) is 1.81. The Hall–Kier alpha value is -1.88. The zero-order valence-electron chi connectivity index (χ0n) is 11.6. The summed E-state index contributed by atoms with van der Waals surface area (Å²) in [5.41, 5.74) is 5.89. The maximum Gasteiger partial charge on any atom is 0.338 e. The molecular formula is C14H19NO4. The third kappa shape index (κ3) is 4.06. The minimum Gasteiger partial charge on any atom is -0.465 e. The van der Waals surface area contributed by atoms with Crippen LogP contribution in [-0.2, 0) is 14.3 Å². The van der Waals surface area contributed by atoms with Gasteiger partial charge in [-0.05, 0) is 32.4 Å². The smallest absolute Gasteiger partial charge is 0.338 e. The molecule has 0 aliphatic rings. The van der Waals surface area contributed by atoms with E-state index < -0.39 is 23.6 Å². The summed E-state index contributed by atoms with van der Waals surface area (Å²) in [5.74, 6) is -1.11. The van der Waals surface area contributed by atoms with Gasteiger partial charge in [-0.15, -0.1) is 0 Å². The number of rotatable bonds is 3. The summed E-state index contributed by atoms with van der Waals surface area (Å²) in [5, 5.41) is 0. The Bertz CT molecular complexity index is 477. The van der Waals surface area contributed by atoms with Crippen molar-refractivity contribution in [1.82, 2.24) is 0 Å². The summed E-state index contributed by atoms with van der Waals surface area (Å²) < 4.78 is 9.87. The Balaban J connectivity index is 3.03. The van der Waals surface area contributed by atoms with E-state index in [1.807, 2.05) is 0 Å². The normalized spacial score (nSPS) is 12.7. The summed E-state index contributed by atoms with van der Waals surface area (Å²) in [4.78, 5) is 23.5. The van der Waals surface area contributed by atoms with Gasteiger partial charge >= 0.3 is 11.9 Å². The Kier molecular flexibility index (Phi) is 4.67. The molecule has 2 N–H and O–H groups in total. The van der Waals surface area contributed by atoms with E-state index in [0.29, 0.717) is 5.56 Å². The van der Waals surface area contributed by atoms with Crippen LogP contribution >= 0.6 is 0 Å². The molecule has 0 heterocycles. The van der Waals surface area contributed by atoms with Gasteiger partial charge in [0.1, 0.15) is 11.6 Å². The molecule has 0 aromatic heterocycles. The molecule has 0 bridgehead atoms. The second-order valence-corrected chi connectivity index (χ2v) is 5.09. The van der Waals surface area contributed by atoms with E-state index in [4.69, 9.17) is 10.5 Å². The van der Waals surface area contributed by atoms with E-state index in [-0.39, 0.29) is 5.56 Å². The van der Waals surface area contributed by atoms with Crippen LogP contribution in [0.5, 0.6) is 0 Å². The van der Waals surface area contributed by atoms with Crippen molar-refractivity contribution >= 4 is 11.9 Å². The SMILES string of the molecule is COC(=O)c1ccccc1C(N)C(=O)OC(C)(C)C. The van der Waals surface area contributed by atoms with Crippen molar-refractivity contribution in [2.45, 2.75) is 32.4 Å². The number of hydrogen-bond donors (Lipinski definition) is 1. The minimum atomic E-state index is -1.02. The molecule has 1 atom stereocenters. The predicted molar refractivity (Wildman–Crippen MR) is 70.6 cm³/mol. The second-order valence-electron chi connectivity index (χ2n) is 5.09. The van der Waals surface area contributed by atoms with Crippen LogP contribution in [0.3, 0.4) is 0 Å². The van der Waals surface area contributed by atoms with E-state index in [0.717, 1.165) is 0 Å². The topological polar surface area (TPSA) is 78.6 Å². The van der Waals surface area contributed by atoms with Crippen LogP contribution in [0.2, 0.25) is 0 Å². The molecule has 0 spiro atoms. The Morgan fingerprint density at radius 1 is 1.21 bits per heavy atom. The highest BCUT2D eigenvalue weighted by atomic mass is 16.6. The average molecular weight is 265 g/mol. The van der Waals surface area contributed by atoms with Crippen molar-refractivity contribution in [2.24, 2.45) is 5.73 Å². The average Bonchev–Trinajstić information content (AvgIpc) is 2.35. The van der Waals surface area contributed by atoms with Crippen LogP contribution in [0.15, 0.2) is 24.3 Å². The van der Waals surface area contributed by atoms with Gasteiger partial charge in [0.25, 0.3) is 0 Å². The van der Waals surface area contributed by atoms with Crippen LogP contribution in [0, 0.1) is 0 Å². The molecule has 5 heteroatoms. The fourth-order valence-electron chi connectivity index (χ4n) is 1.56. The lowest BCUT2D eigenvalue weighted by Crippen LogP contribution is -2.32. The van der Waals surface area contributed by atoms with Gasteiger partial charge in [-0.3, -0.25) is 0 Å². The zero-order chi connectivity index (χ0) is 14.6. The number of benzene rings is 1. The van der Waals surface area contributed by atoms with E-state index in [9.17, 15) is 9.59 Å². The van der Waals surface area contributed by atoms with Crippen molar-refractivity contribution < 1.29 is 19.1 Å². The molecule has 19 heavy (non-hydrogen) atoms. The van der Waals surface area contributed by atoms with Gasteiger partial charge in [0.15, 0.2) is 0 Å². The molecule has 0 aliphatic heterocycles. The van der Waals surface area contributed by atoms with Gasteiger partial charge in [0.2, 0.25) is 0 Å². The van der Waals surface area contributed by atoms with Crippen LogP contribution in [0.4, 0.5) is 0 Å². The first kappa shape index (κ1) is 15.2. The molecule has 1 aromatic carbocycles. The van der Waals surface area contributed by atoms with Crippen LogP contribution in [-0.4, -0.2) is 24.6 Å². The first-order chi connectivity index (χ1) is 8.76. The van der Waals surface area contributed by atoms with Crippen LogP contribution < -0.4 is 5.73 Å². The number of methoxy groups -OCH3 is 1. The van der Waals surface area contributed by atoms with Crippen molar-refractivity contribution in [1.29, 1.82) is 0 Å². The molecule has 1 rings (SSSR count). The largest absolute Gasteiger partial charge is 0.465 e. The summed E-state index contributed by atoms with van der Waals surface area (Å²) in [6.45, 7) is 5.26. The maximum absolute atomic E-state index is 11.9. The highest BCUT2D eigenvalue weighted by molar-refractivity contribution is 5.93. The van der Waals surface area contributed by atoms with Crippen molar-refractivity contribution in [3.05, 3.63) is 35.4 Å². The van der Waals surface area contributed by atoms with Crippen LogP contribution in [0.25, 0.3) is 0 Å². The monoisotopic (exact) mass is 265 g/mol. The van der Waals surface area contributed by atoms with Crippen molar-refractivity contribution in [3.8, 4) is 0 Å². The molecule has 0 fully saturated rings. The van der Waals surface area contributed by atoms with Gasteiger partial charge in [0, 0.05) is 0 Å². The summed E-state index contributed by atoms with van der Waals surface area (Å²) in [6, 6.07) is 5.53. The lowest BCUT2D eigenvalue weighted by molar-refractivity contribution is -0.156. The van der Waals surface area contributed by atoms with E-state index >= 15 is 0 Å². The highest BCUT2D eigenvalue weighted by Gasteiger charge is 2.26. The quantitative estimate of drug-likeness (QED) is 0.843. The third-order valence-corrected chi connectivity index (χ3v) is 2.36. The minimum absolute atomic E-state index is 0.267. The van der Waals surface area contributed by atoms with Gasteiger partial charge in [-0.1, -0.05) is 18.2 Å². The molecule has 1 unspecified atom stereocenters. The zero-order valence-corrected chi connectivity index (χ0v) is 11.6. The van der Waals surface area contributed by atoms with E-state index in [1.54, 1.807) is 45.0 Å². The van der Waals surface area contributed by atoms with Gasteiger partial charge in [0.05, 0.1) is 12.7 Å². The van der Waals surface area contributed by atoms with Gasteiger partial charge < -0.3 is 15.2 Å². The summed E-state index contributed by atoms with van der Waals surface area (Å²) >= 11 is 0. The van der Waals surface area contributed by atoms with E-state index in [1.165, 1.54) is 7.11 Å². The highest BCUT2D eigenvalue weighted by Crippen LogP contribution is 2.20. The van der Waals surface area contributed by atoms with E-state index in [2.05, 4.69) is 4.74 Å². The lowest BCUT2D eigenvalue weighted by atomic mass is 10.0. The second kappa shape index (κ2) is 5.84. The number of carbonyl (C=O) groups is 2. The number of nitrogens with two attached hydrogens (primary N) is 1. The number of hydrogen-bond acceptors (Lipinski definition) is 5. The number of ether oxygens (including phenoxy) is 2. The van der Waals surface area contributed by atoms with Gasteiger partial charge in [-0.25, -0.2) is 9.59 Å². The molecular weight excluding hydrogens is 246 g/mol. The molecule has 104 valence electrons. The molecule has 1 aromatic rings. The molecule has 0 saturated heterocycles. The molecule has 0 aliphatic carbocycles. The molecule has 5 nitrogen and oxygen atoms in total. The number of esters is 2. The fraction of sp³-hybridized carbons (Fsp3) is 0.429. The third-order valence-electron chi connectivity index (χ3n) is 2.36. The first-order valence-electron chi connectivity index (χ1n) is 5.92. The van der Waals surface area contributed by atoms with Crippen molar-refractivity contribution in [2.75, 3.05) is 7.11 Å². The summed E-state index contributed by atoms with van der Waals surface area (Å²) in [6.07, 6.45) is 0. The molecule has 0 saturated carbocycles. The summed E-state index contributed by atoms with van der Waals surface area (Å²) in [7, 11) is 1.28. The Morgan fingerprint density at radius 3 is 2.32 bits per heavy atom. The van der Waals surface area contributed by atoms with Crippen molar-refractivity contribution in [3.63, 3.8) is 0 Å². The van der Waals surface area contributed by atoms with Crippen LogP contribution in [0.1, 0.15) is 42.7 Å². The van der Waals surface area contributed by atoms with Gasteiger partial charge in [-0.2, -0.15) is 0 Å². The first-order valence-corrected chi connectivity index (χ1v) is 5.92. The Morgan fingerprint density at radius 2 is 1.79 bits per heavy atom. The fourth-order valence-corrected chi connectivity index (χ4v) is 1.56. The molecule has 0 amide bonds. The standard InChI is InChI=1S/C14H19NO4/c1-14(2,3)19-13(17)11(15)9-7-5-6-8-10(9)12(16)18-4/h5-8,11H,15H2,1-4H3.